The van der Waals surface area contributed by atoms with Gasteiger partial charge in [-0.25, -0.2) is 9.97 Å². The normalized spacial score (nSPS) is 13.3. The van der Waals surface area contributed by atoms with Crippen molar-refractivity contribution in [3.05, 3.63) is 47.3 Å². The smallest absolute Gasteiger partial charge is 0.227 e. The monoisotopic (exact) mass is 289 g/mol. The van der Waals surface area contributed by atoms with E-state index in [1.165, 1.54) is 5.56 Å². The molecule has 5 heteroatoms. The van der Waals surface area contributed by atoms with Gasteiger partial charge in [-0.1, -0.05) is 12.1 Å². The largest absolute Gasteiger partial charge is 0.324 e. The number of rotatable bonds is 2. The van der Waals surface area contributed by atoms with E-state index in [1.54, 1.807) is 6.20 Å². The Morgan fingerprint density at radius 2 is 2.10 bits per heavy atom. The molecular weight excluding hydrogens is 274 g/mol. The van der Waals surface area contributed by atoms with Crippen LogP contribution in [0.3, 0.4) is 0 Å². The number of benzene rings is 1. The fourth-order valence-electron chi connectivity index (χ4n) is 2.30. The average Bonchev–Trinajstić information content (AvgIpc) is 2.39. The summed E-state index contributed by atoms with van der Waals surface area (Å²) in [4.78, 5) is 20.4. The topological polar surface area (TPSA) is 54.9 Å². The molecular formula is C15H16ClN3O. The van der Waals surface area contributed by atoms with Gasteiger partial charge in [-0.3, -0.25) is 4.79 Å². The Morgan fingerprint density at radius 3 is 2.90 bits per heavy atom. The van der Waals surface area contributed by atoms with Gasteiger partial charge in [0.25, 0.3) is 0 Å². The van der Waals surface area contributed by atoms with Gasteiger partial charge in [-0.05, 0) is 37.5 Å². The number of halogens is 1. The number of Topliss-reactive ketones (excluding diaryl/α,β-unsaturated/α-hetero) is 1. The van der Waals surface area contributed by atoms with Crippen LogP contribution in [0.5, 0.6) is 0 Å². The molecule has 0 radical (unpaired) electrons. The van der Waals surface area contributed by atoms with Gasteiger partial charge in [0.15, 0.2) is 5.78 Å². The summed E-state index contributed by atoms with van der Waals surface area (Å²) < 4.78 is 0. The molecule has 4 nitrogen and oxygen atoms in total. The molecule has 1 aliphatic carbocycles. The number of hydrogen-bond acceptors (Lipinski definition) is 4. The number of fused-ring (bicyclic) bond motifs is 1. The van der Waals surface area contributed by atoms with Gasteiger partial charge in [-0.2, -0.15) is 0 Å². The molecule has 1 heterocycles. The van der Waals surface area contributed by atoms with Gasteiger partial charge < -0.3 is 5.32 Å². The second kappa shape index (κ2) is 6.01. The SMILES string of the molecule is Cc1cccc(Nc2ncc3c(n2)CCCC3=O)c1.Cl. The Hall–Kier alpha value is -1.94. The van der Waals surface area contributed by atoms with Crippen molar-refractivity contribution >= 4 is 29.8 Å². The van der Waals surface area contributed by atoms with Crippen LogP contribution < -0.4 is 5.32 Å². The first-order valence-electron chi connectivity index (χ1n) is 6.45. The Balaban J connectivity index is 0.00000147. The van der Waals surface area contributed by atoms with Crippen molar-refractivity contribution in [3.63, 3.8) is 0 Å². The Labute approximate surface area is 124 Å². The second-order valence-electron chi connectivity index (χ2n) is 4.83. The zero-order chi connectivity index (χ0) is 13.2. The lowest BCUT2D eigenvalue weighted by Gasteiger charge is -2.14. The zero-order valence-corrected chi connectivity index (χ0v) is 12.0. The van der Waals surface area contributed by atoms with Crippen molar-refractivity contribution < 1.29 is 4.79 Å². The molecule has 0 saturated heterocycles. The number of carbonyl (C=O) groups excluding carboxylic acids is 1. The average molecular weight is 290 g/mol. The minimum Gasteiger partial charge on any atom is -0.324 e. The fourth-order valence-corrected chi connectivity index (χ4v) is 2.30. The molecule has 20 heavy (non-hydrogen) atoms. The number of aryl methyl sites for hydroxylation is 2. The minimum absolute atomic E-state index is 0. The van der Waals surface area contributed by atoms with Crippen molar-refractivity contribution in [1.82, 2.24) is 9.97 Å². The molecule has 1 aliphatic rings. The molecule has 0 aliphatic heterocycles. The highest BCUT2D eigenvalue weighted by Crippen LogP contribution is 2.21. The molecule has 3 rings (SSSR count). The van der Waals surface area contributed by atoms with E-state index < -0.39 is 0 Å². The van der Waals surface area contributed by atoms with Crippen LogP contribution in [0.1, 0.15) is 34.5 Å². The summed E-state index contributed by atoms with van der Waals surface area (Å²) in [7, 11) is 0. The number of nitrogens with one attached hydrogen (secondary N) is 1. The molecule has 104 valence electrons. The molecule has 1 aromatic heterocycles. The van der Waals surface area contributed by atoms with Crippen molar-refractivity contribution in [2.45, 2.75) is 26.2 Å². The second-order valence-corrected chi connectivity index (χ2v) is 4.83. The van der Waals surface area contributed by atoms with E-state index in [2.05, 4.69) is 15.3 Å². The third kappa shape index (κ3) is 2.96. The lowest BCUT2D eigenvalue weighted by Crippen LogP contribution is -2.14. The van der Waals surface area contributed by atoms with Gasteiger partial charge >= 0.3 is 0 Å². The zero-order valence-electron chi connectivity index (χ0n) is 11.2. The van der Waals surface area contributed by atoms with E-state index >= 15 is 0 Å². The lowest BCUT2D eigenvalue weighted by atomic mass is 9.96. The standard InChI is InChI=1S/C15H15N3O.ClH/c1-10-4-2-5-11(8-10)17-15-16-9-12-13(18-15)6-3-7-14(12)19;/h2,4-5,8-9H,3,6-7H2,1H3,(H,16,17,18);1H. The van der Waals surface area contributed by atoms with Crippen molar-refractivity contribution in [2.75, 3.05) is 5.32 Å². The maximum Gasteiger partial charge on any atom is 0.227 e. The summed E-state index contributed by atoms with van der Waals surface area (Å²) in [6.45, 7) is 2.04. The van der Waals surface area contributed by atoms with E-state index in [4.69, 9.17) is 0 Å². The minimum atomic E-state index is 0. The first-order valence-corrected chi connectivity index (χ1v) is 6.45. The lowest BCUT2D eigenvalue weighted by molar-refractivity contribution is 0.0971. The maximum atomic E-state index is 11.7. The highest BCUT2D eigenvalue weighted by atomic mass is 35.5. The first kappa shape index (κ1) is 14.5. The molecule has 2 aromatic rings. The summed E-state index contributed by atoms with van der Waals surface area (Å²) >= 11 is 0. The molecule has 0 saturated carbocycles. The van der Waals surface area contributed by atoms with Crippen molar-refractivity contribution in [1.29, 1.82) is 0 Å². The van der Waals surface area contributed by atoms with Gasteiger partial charge in [0.1, 0.15) is 0 Å². The van der Waals surface area contributed by atoms with Gasteiger partial charge in [0.05, 0.1) is 11.3 Å². The van der Waals surface area contributed by atoms with Crippen LogP contribution in [-0.2, 0) is 6.42 Å². The molecule has 0 unspecified atom stereocenters. The van der Waals surface area contributed by atoms with Crippen LogP contribution >= 0.6 is 12.4 Å². The third-order valence-electron chi connectivity index (χ3n) is 3.26. The molecule has 0 fully saturated rings. The van der Waals surface area contributed by atoms with Crippen LogP contribution in [0.4, 0.5) is 11.6 Å². The fraction of sp³-hybridized carbons (Fsp3) is 0.267. The van der Waals surface area contributed by atoms with E-state index in [0.717, 1.165) is 24.2 Å². The van der Waals surface area contributed by atoms with Crippen LogP contribution in [0.2, 0.25) is 0 Å². The molecule has 0 spiro atoms. The number of anilines is 2. The summed E-state index contributed by atoms with van der Waals surface area (Å²) in [6.07, 6.45) is 3.99. The van der Waals surface area contributed by atoms with Crippen molar-refractivity contribution in [2.24, 2.45) is 0 Å². The van der Waals surface area contributed by atoms with Gasteiger partial charge in [0.2, 0.25) is 5.95 Å². The van der Waals surface area contributed by atoms with Crippen LogP contribution in [0, 0.1) is 6.92 Å². The van der Waals surface area contributed by atoms with Crippen LogP contribution in [0.15, 0.2) is 30.5 Å². The van der Waals surface area contributed by atoms with Crippen LogP contribution in [0.25, 0.3) is 0 Å². The summed E-state index contributed by atoms with van der Waals surface area (Å²) in [5.41, 5.74) is 3.68. The molecule has 1 N–H and O–H groups in total. The Bertz CT molecular complexity index is 643. The number of nitrogens with zero attached hydrogens (tertiary/aromatic N) is 2. The van der Waals surface area contributed by atoms with Gasteiger partial charge in [-0.15, -0.1) is 12.4 Å². The van der Waals surface area contributed by atoms with E-state index in [1.807, 2.05) is 31.2 Å². The third-order valence-corrected chi connectivity index (χ3v) is 3.26. The van der Waals surface area contributed by atoms with Crippen LogP contribution in [-0.4, -0.2) is 15.8 Å². The summed E-state index contributed by atoms with van der Waals surface area (Å²) in [6, 6.07) is 8.03. The van der Waals surface area contributed by atoms with Gasteiger partial charge in [0, 0.05) is 18.3 Å². The summed E-state index contributed by atoms with van der Waals surface area (Å²) in [5, 5.41) is 3.18. The van der Waals surface area contributed by atoms with Crippen molar-refractivity contribution in [3.8, 4) is 0 Å². The predicted molar refractivity (Wildman–Crippen MR) is 81.0 cm³/mol. The number of carbonyl (C=O) groups is 1. The first-order chi connectivity index (χ1) is 9.22. The van der Waals surface area contributed by atoms with E-state index in [9.17, 15) is 4.79 Å². The van der Waals surface area contributed by atoms with E-state index in [-0.39, 0.29) is 18.2 Å². The highest BCUT2D eigenvalue weighted by Gasteiger charge is 2.19. The maximum absolute atomic E-state index is 11.7. The Kier molecular flexibility index (Phi) is 4.35. The number of hydrogen-bond donors (Lipinski definition) is 1. The Morgan fingerprint density at radius 1 is 1.25 bits per heavy atom. The van der Waals surface area contributed by atoms with E-state index in [0.29, 0.717) is 17.9 Å². The predicted octanol–water partition coefficient (Wildman–Crippen LogP) is 3.47. The molecule has 0 amide bonds. The number of aromatic nitrogens is 2. The number of ketones is 1. The summed E-state index contributed by atoms with van der Waals surface area (Å²) in [5.74, 6) is 0.711. The molecule has 1 aromatic carbocycles. The quantitative estimate of drug-likeness (QED) is 0.920. The highest BCUT2D eigenvalue weighted by molar-refractivity contribution is 5.97. The molecule has 0 bridgehead atoms. The molecule has 0 atom stereocenters.